The van der Waals surface area contributed by atoms with Crippen LogP contribution in [0.2, 0.25) is 0 Å². The quantitative estimate of drug-likeness (QED) is 0.654. The molecule has 1 aliphatic heterocycles. The van der Waals surface area contributed by atoms with Crippen LogP contribution in [-0.4, -0.2) is 50.9 Å². The molecule has 0 fully saturated rings. The molecule has 8 nitrogen and oxygen atoms in total. The summed E-state index contributed by atoms with van der Waals surface area (Å²) in [6.45, 7) is 0.678. The van der Waals surface area contributed by atoms with Crippen molar-refractivity contribution >= 4 is 17.2 Å². The van der Waals surface area contributed by atoms with Crippen LogP contribution in [-0.2, 0) is 6.42 Å². The number of nitrogens with one attached hydrogen (secondary N) is 1. The minimum atomic E-state index is -2.68. The molecule has 0 radical (unpaired) electrons. The lowest BCUT2D eigenvalue weighted by Crippen LogP contribution is -2.34. The van der Waals surface area contributed by atoms with Gasteiger partial charge in [0.05, 0.1) is 18.5 Å². The lowest BCUT2D eigenvalue weighted by atomic mass is 10.00. The van der Waals surface area contributed by atoms with Crippen LogP contribution in [0.5, 0.6) is 11.5 Å². The van der Waals surface area contributed by atoms with Crippen LogP contribution in [0.25, 0.3) is 5.65 Å². The highest BCUT2D eigenvalue weighted by atomic mass is 19.3. The van der Waals surface area contributed by atoms with Crippen molar-refractivity contribution in [3.8, 4) is 11.5 Å². The largest absolute Gasteiger partial charge is 0.485 e. The molecular weight excluding hydrogens is 386 g/mol. The third-order valence-corrected chi connectivity index (χ3v) is 4.55. The lowest BCUT2D eigenvalue weighted by molar-refractivity contribution is 0.0442. The molecule has 4 rings (SSSR count). The fourth-order valence-electron chi connectivity index (χ4n) is 3.18. The predicted molar refractivity (Wildman–Crippen MR) is 98.7 cm³/mol. The smallest absolute Gasteiger partial charge is 0.272 e. The van der Waals surface area contributed by atoms with Crippen LogP contribution in [0.4, 0.5) is 14.5 Å². The summed E-state index contributed by atoms with van der Waals surface area (Å²) in [5, 5.41) is 16.3. The van der Waals surface area contributed by atoms with Crippen molar-refractivity contribution in [2.45, 2.75) is 25.4 Å². The summed E-state index contributed by atoms with van der Waals surface area (Å²) in [4.78, 5) is 16.9. The summed E-state index contributed by atoms with van der Waals surface area (Å²) in [6.07, 6.45) is 2.28. The van der Waals surface area contributed by atoms with Gasteiger partial charge < -0.3 is 19.9 Å². The highest BCUT2D eigenvalue weighted by molar-refractivity contribution is 6.08. The lowest BCUT2D eigenvalue weighted by Gasteiger charge is -2.20. The molecule has 1 amide bonds. The maximum Gasteiger partial charge on any atom is 0.272 e. The number of halogens is 2. The van der Waals surface area contributed by atoms with E-state index in [0.717, 1.165) is 5.56 Å². The molecule has 3 heterocycles. The zero-order valence-corrected chi connectivity index (χ0v) is 15.4. The number of hydrogen-bond donors (Lipinski definition) is 2. The molecule has 152 valence electrons. The van der Waals surface area contributed by atoms with Crippen LogP contribution in [0.15, 0.2) is 36.8 Å². The average molecular weight is 404 g/mol. The highest BCUT2D eigenvalue weighted by Gasteiger charge is 2.35. The number of aliphatic hydroxyl groups excluding tert-OH is 1. The number of carbonyl (C=O) groups excluding carboxylic acids is 1. The van der Waals surface area contributed by atoms with E-state index < -0.39 is 24.5 Å². The van der Waals surface area contributed by atoms with Gasteiger partial charge in [0.25, 0.3) is 12.3 Å². The Morgan fingerprint density at radius 3 is 3.07 bits per heavy atom. The Labute approximate surface area is 164 Å². The topological polar surface area (TPSA) is 98.0 Å². The number of amides is 1. The monoisotopic (exact) mass is 404 g/mol. The van der Waals surface area contributed by atoms with E-state index in [-0.39, 0.29) is 23.6 Å². The summed E-state index contributed by atoms with van der Waals surface area (Å²) < 4.78 is 37.7. The predicted octanol–water partition coefficient (Wildman–Crippen LogP) is 2.31. The number of carbonyl (C=O) groups is 1. The van der Waals surface area contributed by atoms with Gasteiger partial charge in [0.15, 0.2) is 5.65 Å². The molecule has 0 spiro atoms. The first-order valence-electron chi connectivity index (χ1n) is 8.86. The normalized spacial score (nSPS) is 18.0. The third-order valence-electron chi connectivity index (χ3n) is 4.55. The van der Waals surface area contributed by atoms with Crippen molar-refractivity contribution in [3.05, 3.63) is 47.9 Å². The van der Waals surface area contributed by atoms with Crippen molar-refractivity contribution in [1.29, 1.82) is 0 Å². The maximum atomic E-state index is 12.8. The third kappa shape index (κ3) is 3.70. The van der Waals surface area contributed by atoms with E-state index in [9.17, 15) is 18.7 Å². The number of alkyl halides is 2. The summed E-state index contributed by atoms with van der Waals surface area (Å²) in [5.41, 5.74) is 0.701. The molecule has 0 bridgehead atoms. The van der Waals surface area contributed by atoms with Crippen LogP contribution < -0.4 is 14.8 Å². The van der Waals surface area contributed by atoms with E-state index in [1.165, 1.54) is 23.0 Å². The van der Waals surface area contributed by atoms with Crippen LogP contribution in [0.3, 0.4) is 0 Å². The fraction of sp³-hybridized carbons (Fsp3) is 0.316. The van der Waals surface area contributed by atoms with Gasteiger partial charge in [-0.2, -0.15) is 5.10 Å². The van der Waals surface area contributed by atoms with Gasteiger partial charge >= 0.3 is 0 Å². The SMILES string of the molecule is C[C@@]1(CO)Cc2cc(NC(=O)c3cnn4cccnc34)c(OCC(F)F)cc2O1. The van der Waals surface area contributed by atoms with Crippen LogP contribution in [0, 0.1) is 0 Å². The first-order valence-corrected chi connectivity index (χ1v) is 8.86. The summed E-state index contributed by atoms with van der Waals surface area (Å²) >= 11 is 0. The molecule has 1 aromatic carbocycles. The first-order chi connectivity index (χ1) is 13.9. The van der Waals surface area contributed by atoms with Crippen molar-refractivity contribution in [3.63, 3.8) is 0 Å². The van der Waals surface area contributed by atoms with Crippen molar-refractivity contribution in [1.82, 2.24) is 14.6 Å². The second kappa shape index (κ2) is 7.28. The number of hydrogen-bond acceptors (Lipinski definition) is 6. The van der Waals surface area contributed by atoms with Crippen molar-refractivity contribution in [2.75, 3.05) is 18.5 Å². The number of nitrogens with zero attached hydrogens (tertiary/aromatic N) is 3. The highest BCUT2D eigenvalue weighted by Crippen LogP contribution is 2.41. The molecule has 29 heavy (non-hydrogen) atoms. The van der Waals surface area contributed by atoms with Gasteiger partial charge in [-0.3, -0.25) is 4.79 Å². The molecule has 0 saturated carbocycles. The zero-order valence-electron chi connectivity index (χ0n) is 15.4. The molecule has 1 aliphatic rings. The molecular formula is C19H18F2N4O4. The summed E-state index contributed by atoms with van der Waals surface area (Å²) in [5.74, 6) is -0.0464. The van der Waals surface area contributed by atoms with E-state index >= 15 is 0 Å². The van der Waals surface area contributed by atoms with E-state index in [0.29, 0.717) is 17.8 Å². The zero-order chi connectivity index (χ0) is 20.6. The van der Waals surface area contributed by atoms with Gasteiger partial charge in [-0.15, -0.1) is 0 Å². The van der Waals surface area contributed by atoms with E-state index in [1.807, 2.05) is 0 Å². The second-order valence-corrected chi connectivity index (χ2v) is 6.95. The van der Waals surface area contributed by atoms with Gasteiger partial charge in [0.2, 0.25) is 0 Å². The van der Waals surface area contributed by atoms with Crippen molar-refractivity contribution < 1.29 is 28.2 Å². The van der Waals surface area contributed by atoms with E-state index in [2.05, 4.69) is 15.4 Å². The van der Waals surface area contributed by atoms with Crippen LogP contribution >= 0.6 is 0 Å². The minimum absolute atomic E-state index is 0.0454. The van der Waals surface area contributed by atoms with Crippen molar-refractivity contribution in [2.24, 2.45) is 0 Å². The molecule has 10 heteroatoms. The van der Waals surface area contributed by atoms with Crippen LogP contribution in [0.1, 0.15) is 22.8 Å². The number of ether oxygens (including phenoxy) is 2. The maximum absolute atomic E-state index is 12.8. The Morgan fingerprint density at radius 2 is 2.31 bits per heavy atom. The standard InChI is InChI=1S/C19H18F2N4O4/c1-19(10-26)7-11-5-13(15(6-14(11)29-19)28-9-16(20)21)24-18(27)12-8-23-25-4-2-3-22-17(12)25/h2-6,8,16,26H,7,9-10H2,1H3,(H,24,27)/t19-/m0/s1. The molecule has 2 N–H and O–H groups in total. The summed E-state index contributed by atoms with van der Waals surface area (Å²) in [7, 11) is 0. The molecule has 3 aromatic rings. The minimum Gasteiger partial charge on any atom is -0.485 e. The number of rotatable bonds is 6. The Kier molecular flexibility index (Phi) is 4.79. The van der Waals surface area contributed by atoms with Gasteiger partial charge in [0, 0.05) is 30.4 Å². The van der Waals surface area contributed by atoms with Gasteiger partial charge in [-0.1, -0.05) is 0 Å². The molecule has 2 aromatic heterocycles. The number of benzene rings is 1. The van der Waals surface area contributed by atoms with E-state index in [4.69, 9.17) is 9.47 Å². The number of fused-ring (bicyclic) bond motifs is 2. The number of aromatic nitrogens is 3. The number of anilines is 1. The Bertz CT molecular complexity index is 1070. The van der Waals surface area contributed by atoms with Gasteiger partial charge in [0.1, 0.15) is 29.3 Å². The Morgan fingerprint density at radius 1 is 1.48 bits per heavy atom. The molecule has 0 unspecified atom stereocenters. The molecule has 0 aliphatic carbocycles. The van der Waals surface area contributed by atoms with Gasteiger partial charge in [-0.25, -0.2) is 18.3 Å². The second-order valence-electron chi connectivity index (χ2n) is 6.95. The van der Waals surface area contributed by atoms with E-state index in [1.54, 1.807) is 25.3 Å². The summed E-state index contributed by atoms with van der Waals surface area (Å²) in [6, 6.07) is 4.73. The fourth-order valence-corrected chi connectivity index (χ4v) is 3.18. The Hall–Kier alpha value is -3.27. The molecule has 1 atom stereocenters. The average Bonchev–Trinajstić information content (AvgIpc) is 3.26. The molecule has 0 saturated heterocycles. The number of aliphatic hydroxyl groups is 1. The Balaban J connectivity index is 1.66. The first kappa shape index (κ1) is 19.1. The van der Waals surface area contributed by atoms with Gasteiger partial charge in [-0.05, 0) is 19.1 Å².